The van der Waals surface area contributed by atoms with Gasteiger partial charge in [0.2, 0.25) is 5.82 Å². The SMILES string of the molecule is COc1c(CC(C)(N)C(F)F)ccc(F)c1F. The number of nitrogens with two attached hydrogens (primary N) is 1. The van der Waals surface area contributed by atoms with Crippen LogP contribution in [0.2, 0.25) is 0 Å². The number of alkyl halides is 2. The number of benzene rings is 1. The monoisotopic (exact) mass is 251 g/mol. The van der Waals surface area contributed by atoms with Gasteiger partial charge in [0.05, 0.1) is 12.6 Å². The van der Waals surface area contributed by atoms with E-state index in [1.54, 1.807) is 0 Å². The number of hydrogen-bond acceptors (Lipinski definition) is 2. The lowest BCUT2D eigenvalue weighted by molar-refractivity contribution is 0.0635. The van der Waals surface area contributed by atoms with Crippen LogP contribution in [0.25, 0.3) is 0 Å². The first-order valence-corrected chi connectivity index (χ1v) is 4.87. The molecule has 1 rings (SSSR count). The van der Waals surface area contributed by atoms with E-state index in [1.807, 2.05) is 0 Å². The van der Waals surface area contributed by atoms with Crippen LogP contribution in [0.3, 0.4) is 0 Å². The number of ether oxygens (including phenoxy) is 1. The van der Waals surface area contributed by atoms with Crippen LogP contribution in [0.4, 0.5) is 17.6 Å². The molecule has 1 unspecified atom stereocenters. The highest BCUT2D eigenvalue weighted by Crippen LogP contribution is 2.29. The smallest absolute Gasteiger partial charge is 0.256 e. The third kappa shape index (κ3) is 2.88. The molecule has 0 amide bonds. The number of halogens is 4. The van der Waals surface area contributed by atoms with Crippen molar-refractivity contribution in [2.45, 2.75) is 25.3 Å². The number of rotatable bonds is 4. The number of hydrogen-bond donors (Lipinski definition) is 1. The Morgan fingerprint density at radius 3 is 2.41 bits per heavy atom. The highest BCUT2D eigenvalue weighted by molar-refractivity contribution is 5.37. The van der Waals surface area contributed by atoms with Crippen molar-refractivity contribution >= 4 is 0 Å². The molecule has 0 spiro atoms. The second-order valence-electron chi connectivity index (χ2n) is 4.04. The van der Waals surface area contributed by atoms with Crippen molar-refractivity contribution in [3.63, 3.8) is 0 Å². The van der Waals surface area contributed by atoms with Crippen LogP contribution < -0.4 is 10.5 Å². The van der Waals surface area contributed by atoms with Gasteiger partial charge in [-0.3, -0.25) is 0 Å². The van der Waals surface area contributed by atoms with Crippen molar-refractivity contribution in [2.75, 3.05) is 7.11 Å². The first-order chi connectivity index (χ1) is 7.79. The van der Waals surface area contributed by atoms with Gasteiger partial charge in [0.15, 0.2) is 11.6 Å². The summed E-state index contributed by atoms with van der Waals surface area (Å²) in [5.74, 6) is -2.68. The molecule has 0 fully saturated rings. The van der Waals surface area contributed by atoms with E-state index in [0.29, 0.717) is 0 Å². The fourth-order valence-corrected chi connectivity index (χ4v) is 1.42. The van der Waals surface area contributed by atoms with Gasteiger partial charge >= 0.3 is 0 Å². The molecule has 0 aliphatic rings. The summed E-state index contributed by atoms with van der Waals surface area (Å²) < 4.78 is 56.0. The van der Waals surface area contributed by atoms with Gasteiger partial charge in [-0.2, -0.15) is 4.39 Å². The van der Waals surface area contributed by atoms with E-state index >= 15 is 0 Å². The zero-order valence-electron chi connectivity index (χ0n) is 9.44. The fraction of sp³-hybridized carbons (Fsp3) is 0.455. The molecule has 0 saturated heterocycles. The average molecular weight is 251 g/mol. The molecule has 6 heteroatoms. The van der Waals surface area contributed by atoms with Crippen molar-refractivity contribution in [1.82, 2.24) is 0 Å². The zero-order valence-corrected chi connectivity index (χ0v) is 9.44. The summed E-state index contributed by atoms with van der Waals surface area (Å²) in [7, 11) is 1.14. The highest BCUT2D eigenvalue weighted by Gasteiger charge is 2.32. The molecule has 1 aromatic rings. The summed E-state index contributed by atoms with van der Waals surface area (Å²) in [6.45, 7) is 1.14. The minimum atomic E-state index is -2.78. The molecule has 1 atom stereocenters. The van der Waals surface area contributed by atoms with E-state index in [1.165, 1.54) is 6.07 Å². The molecule has 0 radical (unpaired) electrons. The highest BCUT2D eigenvalue weighted by atomic mass is 19.3. The Labute approximate surface area is 96.4 Å². The van der Waals surface area contributed by atoms with E-state index in [0.717, 1.165) is 20.1 Å². The van der Waals surface area contributed by atoms with Gasteiger partial charge < -0.3 is 10.5 Å². The van der Waals surface area contributed by atoms with Crippen molar-refractivity contribution in [3.05, 3.63) is 29.3 Å². The Morgan fingerprint density at radius 2 is 1.94 bits per heavy atom. The van der Waals surface area contributed by atoms with Gasteiger partial charge in [-0.05, 0) is 25.0 Å². The van der Waals surface area contributed by atoms with Crippen molar-refractivity contribution < 1.29 is 22.3 Å². The lowest BCUT2D eigenvalue weighted by Crippen LogP contribution is -2.45. The second kappa shape index (κ2) is 4.91. The molecule has 0 bridgehead atoms. The largest absolute Gasteiger partial charge is 0.493 e. The summed E-state index contributed by atoms with van der Waals surface area (Å²) in [5, 5.41) is 0. The Balaban J connectivity index is 3.12. The Morgan fingerprint density at radius 1 is 1.35 bits per heavy atom. The van der Waals surface area contributed by atoms with Crippen molar-refractivity contribution in [3.8, 4) is 5.75 Å². The summed E-state index contributed by atoms with van der Waals surface area (Å²) in [5.41, 5.74) is 3.67. The molecule has 0 aromatic heterocycles. The van der Waals surface area contributed by atoms with E-state index in [2.05, 4.69) is 4.74 Å². The van der Waals surface area contributed by atoms with Gasteiger partial charge in [-0.15, -0.1) is 0 Å². The van der Waals surface area contributed by atoms with Gasteiger partial charge in [-0.25, -0.2) is 13.2 Å². The predicted octanol–water partition coefficient (Wildman–Crippen LogP) is 2.50. The van der Waals surface area contributed by atoms with Crippen molar-refractivity contribution in [1.29, 1.82) is 0 Å². The topological polar surface area (TPSA) is 35.2 Å². The zero-order chi connectivity index (χ0) is 13.2. The van der Waals surface area contributed by atoms with Gasteiger partial charge in [0, 0.05) is 0 Å². The van der Waals surface area contributed by atoms with Crippen LogP contribution >= 0.6 is 0 Å². The van der Waals surface area contributed by atoms with Crippen LogP contribution in [0.15, 0.2) is 12.1 Å². The maximum atomic E-state index is 13.3. The van der Waals surface area contributed by atoms with E-state index in [4.69, 9.17) is 5.73 Å². The molecule has 0 heterocycles. The number of methoxy groups -OCH3 is 1. The van der Waals surface area contributed by atoms with Crippen LogP contribution in [0.1, 0.15) is 12.5 Å². The van der Waals surface area contributed by atoms with Gasteiger partial charge in [-0.1, -0.05) is 6.07 Å². The van der Waals surface area contributed by atoms with Crippen LogP contribution in [0, 0.1) is 11.6 Å². The van der Waals surface area contributed by atoms with E-state index in [-0.39, 0.29) is 17.7 Å². The Kier molecular flexibility index (Phi) is 3.98. The summed E-state index contributed by atoms with van der Waals surface area (Å²) in [6, 6.07) is 2.04. The molecule has 2 nitrogen and oxygen atoms in total. The molecular weight excluding hydrogens is 238 g/mol. The maximum Gasteiger partial charge on any atom is 0.256 e. The standard InChI is InChI=1S/C11H13F4NO/c1-11(16,10(14)15)5-6-3-4-7(12)8(13)9(6)17-2/h3-4,10H,5,16H2,1-2H3. The quantitative estimate of drug-likeness (QED) is 0.834. The molecule has 17 heavy (non-hydrogen) atoms. The molecule has 0 aliphatic heterocycles. The maximum absolute atomic E-state index is 13.3. The van der Waals surface area contributed by atoms with Crippen molar-refractivity contribution in [2.24, 2.45) is 5.73 Å². The molecule has 2 N–H and O–H groups in total. The molecule has 1 aromatic carbocycles. The van der Waals surface area contributed by atoms with Gasteiger partial charge in [0.25, 0.3) is 6.43 Å². The predicted molar refractivity (Wildman–Crippen MR) is 55.2 cm³/mol. The summed E-state index contributed by atoms with van der Waals surface area (Å²) in [6.07, 6.45) is -3.09. The summed E-state index contributed by atoms with van der Waals surface area (Å²) >= 11 is 0. The first kappa shape index (κ1) is 13.8. The normalized spacial score (nSPS) is 14.8. The lowest BCUT2D eigenvalue weighted by Gasteiger charge is -2.24. The van der Waals surface area contributed by atoms with E-state index in [9.17, 15) is 17.6 Å². The Bertz CT molecular complexity index is 407. The first-order valence-electron chi connectivity index (χ1n) is 4.87. The molecule has 96 valence electrons. The minimum absolute atomic E-state index is 0.108. The average Bonchev–Trinajstić information content (AvgIpc) is 2.23. The third-order valence-corrected chi connectivity index (χ3v) is 2.41. The van der Waals surface area contributed by atoms with Gasteiger partial charge in [0.1, 0.15) is 0 Å². The lowest BCUT2D eigenvalue weighted by atomic mass is 9.93. The molecular formula is C11H13F4NO. The van der Waals surface area contributed by atoms with Crippen LogP contribution in [0.5, 0.6) is 5.75 Å². The van der Waals surface area contributed by atoms with E-state index < -0.39 is 23.6 Å². The Hall–Kier alpha value is -1.30. The minimum Gasteiger partial charge on any atom is -0.493 e. The third-order valence-electron chi connectivity index (χ3n) is 2.41. The second-order valence-corrected chi connectivity index (χ2v) is 4.04. The summed E-state index contributed by atoms with van der Waals surface area (Å²) in [4.78, 5) is 0. The molecule has 0 saturated carbocycles. The fourth-order valence-electron chi connectivity index (χ4n) is 1.42. The van der Waals surface area contributed by atoms with Crippen LogP contribution in [-0.2, 0) is 6.42 Å². The van der Waals surface area contributed by atoms with Crippen LogP contribution in [-0.4, -0.2) is 19.1 Å². The molecule has 0 aliphatic carbocycles.